The number of hydrogen-bond donors (Lipinski definition) is 2. The molecule has 1 heterocycles. The van der Waals surface area contributed by atoms with Gasteiger partial charge in [-0.2, -0.15) is 0 Å². The van der Waals surface area contributed by atoms with Crippen LogP contribution in [0.3, 0.4) is 0 Å². The minimum Gasteiger partial charge on any atom is -0.372 e. The highest BCUT2D eigenvalue weighted by Gasteiger charge is 2.15. The first-order valence-electron chi connectivity index (χ1n) is 10.6. The van der Waals surface area contributed by atoms with E-state index in [4.69, 9.17) is 0 Å². The van der Waals surface area contributed by atoms with Gasteiger partial charge in [-0.15, -0.1) is 0 Å². The first kappa shape index (κ1) is 21.3. The van der Waals surface area contributed by atoms with E-state index in [2.05, 4.69) is 27.1 Å². The lowest BCUT2D eigenvalue weighted by Crippen LogP contribution is -2.30. The van der Waals surface area contributed by atoms with Gasteiger partial charge in [0.25, 0.3) is 0 Å². The van der Waals surface area contributed by atoms with Crippen LogP contribution in [0.15, 0.2) is 71.6 Å². The third kappa shape index (κ3) is 5.42. The van der Waals surface area contributed by atoms with Crippen LogP contribution in [0.5, 0.6) is 0 Å². The summed E-state index contributed by atoms with van der Waals surface area (Å²) in [7, 11) is -3.66. The van der Waals surface area contributed by atoms with Gasteiger partial charge in [0.2, 0.25) is 15.9 Å². The van der Waals surface area contributed by atoms with E-state index in [0.717, 1.165) is 29.4 Å². The van der Waals surface area contributed by atoms with E-state index in [-0.39, 0.29) is 23.8 Å². The maximum absolute atomic E-state index is 12.5. The fourth-order valence-electron chi connectivity index (χ4n) is 3.81. The van der Waals surface area contributed by atoms with Gasteiger partial charge < -0.3 is 10.2 Å². The third-order valence-electron chi connectivity index (χ3n) is 5.57. The molecule has 1 fully saturated rings. The minimum atomic E-state index is -3.66. The van der Waals surface area contributed by atoms with E-state index >= 15 is 0 Å². The Balaban J connectivity index is 1.24. The molecule has 4 rings (SSSR count). The number of anilines is 1. The molecule has 6 nitrogen and oxygen atoms in total. The van der Waals surface area contributed by atoms with Gasteiger partial charge in [-0.1, -0.05) is 42.5 Å². The molecular weight excluding hydrogens is 410 g/mol. The quantitative estimate of drug-likeness (QED) is 0.566. The van der Waals surface area contributed by atoms with E-state index < -0.39 is 10.0 Å². The van der Waals surface area contributed by atoms with Gasteiger partial charge in [-0.05, 0) is 53.4 Å². The number of sulfonamides is 1. The van der Waals surface area contributed by atoms with Crippen molar-refractivity contribution in [2.75, 3.05) is 24.5 Å². The van der Waals surface area contributed by atoms with E-state index in [9.17, 15) is 13.2 Å². The molecular formula is C24H27N3O3S. The molecule has 2 N–H and O–H groups in total. The Morgan fingerprint density at radius 3 is 2.35 bits per heavy atom. The van der Waals surface area contributed by atoms with E-state index in [1.165, 1.54) is 18.5 Å². The number of fused-ring (bicyclic) bond motifs is 1. The Kier molecular flexibility index (Phi) is 6.53. The molecule has 0 saturated carbocycles. The number of carbonyl (C=O) groups excluding carboxylic acids is 1. The van der Waals surface area contributed by atoms with Gasteiger partial charge in [-0.3, -0.25) is 4.79 Å². The number of rotatable bonds is 8. The van der Waals surface area contributed by atoms with Gasteiger partial charge >= 0.3 is 0 Å². The van der Waals surface area contributed by atoms with Crippen LogP contribution >= 0.6 is 0 Å². The van der Waals surface area contributed by atoms with Crippen molar-refractivity contribution in [1.29, 1.82) is 0 Å². The number of nitrogens with one attached hydrogen (secondary N) is 2. The molecule has 0 aliphatic carbocycles. The third-order valence-corrected chi connectivity index (χ3v) is 7.03. The van der Waals surface area contributed by atoms with Crippen molar-refractivity contribution in [3.63, 3.8) is 0 Å². The summed E-state index contributed by atoms with van der Waals surface area (Å²) in [6.07, 6.45) is 2.56. The molecule has 0 unspecified atom stereocenters. The smallest absolute Gasteiger partial charge is 0.240 e. The SMILES string of the molecule is O=C(CCNS(=O)(=O)c1ccc2ccccc2c1)NCc1ccc(N2CCCC2)cc1. The first-order valence-corrected chi connectivity index (χ1v) is 12.1. The molecule has 0 spiro atoms. The summed E-state index contributed by atoms with van der Waals surface area (Å²) < 4.78 is 27.6. The maximum atomic E-state index is 12.5. The Morgan fingerprint density at radius 1 is 0.903 bits per heavy atom. The van der Waals surface area contributed by atoms with E-state index in [0.29, 0.717) is 6.54 Å². The molecule has 0 radical (unpaired) electrons. The van der Waals surface area contributed by atoms with E-state index in [1.54, 1.807) is 18.2 Å². The summed E-state index contributed by atoms with van der Waals surface area (Å²) in [5.74, 6) is -0.190. The van der Waals surface area contributed by atoms with E-state index in [1.807, 2.05) is 36.4 Å². The summed E-state index contributed by atoms with van der Waals surface area (Å²) in [5.41, 5.74) is 2.24. The average Bonchev–Trinajstić information content (AvgIpc) is 3.32. The Labute approximate surface area is 183 Å². The lowest BCUT2D eigenvalue weighted by atomic mass is 10.1. The molecule has 3 aromatic carbocycles. The number of carbonyl (C=O) groups is 1. The topological polar surface area (TPSA) is 78.5 Å². The molecule has 1 aliphatic rings. The van der Waals surface area contributed by atoms with Crippen molar-refractivity contribution >= 4 is 32.4 Å². The second kappa shape index (κ2) is 9.49. The van der Waals surface area contributed by atoms with Crippen molar-refractivity contribution < 1.29 is 13.2 Å². The summed E-state index contributed by atoms with van der Waals surface area (Å²) in [6, 6.07) is 20.8. The second-order valence-electron chi connectivity index (χ2n) is 7.79. The summed E-state index contributed by atoms with van der Waals surface area (Å²) in [6.45, 7) is 2.68. The minimum absolute atomic E-state index is 0.0505. The predicted octanol–water partition coefficient (Wildman–Crippen LogP) is 3.42. The van der Waals surface area contributed by atoms with Gasteiger partial charge in [0.1, 0.15) is 0 Å². The van der Waals surface area contributed by atoms with Gasteiger partial charge in [-0.25, -0.2) is 13.1 Å². The molecule has 31 heavy (non-hydrogen) atoms. The average molecular weight is 438 g/mol. The fourth-order valence-corrected chi connectivity index (χ4v) is 4.87. The van der Waals surface area contributed by atoms with Gasteiger partial charge in [0.05, 0.1) is 4.90 Å². The summed E-state index contributed by atoms with van der Waals surface area (Å²) in [5, 5.41) is 4.69. The normalized spacial score (nSPS) is 14.1. The molecule has 0 aromatic heterocycles. The van der Waals surface area contributed by atoms with Crippen LogP contribution in [0.4, 0.5) is 5.69 Å². The standard InChI is InChI=1S/C24H27N3O3S/c28-24(25-18-19-7-10-22(11-8-19)27-15-3-4-16-27)13-14-26-31(29,30)23-12-9-20-5-1-2-6-21(20)17-23/h1-2,5-12,17,26H,3-4,13-16,18H2,(H,25,28). The highest BCUT2D eigenvalue weighted by molar-refractivity contribution is 7.89. The van der Waals surface area contributed by atoms with Crippen LogP contribution in [0.25, 0.3) is 10.8 Å². The van der Waals surface area contributed by atoms with Crippen LogP contribution in [0, 0.1) is 0 Å². The highest BCUT2D eigenvalue weighted by atomic mass is 32.2. The van der Waals surface area contributed by atoms with Gasteiger partial charge in [0, 0.05) is 38.3 Å². The van der Waals surface area contributed by atoms with Crippen LogP contribution in [0.1, 0.15) is 24.8 Å². The highest BCUT2D eigenvalue weighted by Crippen LogP contribution is 2.21. The Bertz CT molecular complexity index is 1150. The zero-order valence-corrected chi connectivity index (χ0v) is 18.2. The monoisotopic (exact) mass is 437 g/mol. The molecule has 7 heteroatoms. The molecule has 0 atom stereocenters. The summed E-state index contributed by atoms with van der Waals surface area (Å²) in [4.78, 5) is 14.7. The van der Waals surface area contributed by atoms with Crippen LogP contribution < -0.4 is 14.9 Å². The van der Waals surface area contributed by atoms with Crippen LogP contribution in [-0.4, -0.2) is 34.0 Å². The molecule has 1 saturated heterocycles. The van der Waals surface area contributed by atoms with Crippen molar-refractivity contribution in [1.82, 2.24) is 10.0 Å². The van der Waals surface area contributed by atoms with Gasteiger partial charge in [0.15, 0.2) is 0 Å². The molecule has 1 amide bonds. The van der Waals surface area contributed by atoms with Crippen molar-refractivity contribution in [3.05, 3.63) is 72.3 Å². The predicted molar refractivity (Wildman–Crippen MR) is 123 cm³/mol. The lowest BCUT2D eigenvalue weighted by Gasteiger charge is -2.17. The number of nitrogens with zero attached hydrogens (tertiary/aromatic N) is 1. The zero-order valence-electron chi connectivity index (χ0n) is 17.4. The van der Waals surface area contributed by atoms with Crippen molar-refractivity contribution in [3.8, 4) is 0 Å². The lowest BCUT2D eigenvalue weighted by molar-refractivity contribution is -0.121. The van der Waals surface area contributed by atoms with Crippen LogP contribution in [0.2, 0.25) is 0 Å². The molecule has 162 valence electrons. The number of benzene rings is 3. The zero-order chi connectivity index (χ0) is 21.7. The maximum Gasteiger partial charge on any atom is 0.240 e. The summed E-state index contributed by atoms with van der Waals surface area (Å²) >= 11 is 0. The number of hydrogen-bond acceptors (Lipinski definition) is 4. The molecule has 0 bridgehead atoms. The number of amides is 1. The second-order valence-corrected chi connectivity index (χ2v) is 9.56. The Hall–Kier alpha value is -2.90. The van der Waals surface area contributed by atoms with Crippen LogP contribution in [-0.2, 0) is 21.4 Å². The Morgan fingerprint density at radius 2 is 1.61 bits per heavy atom. The largest absolute Gasteiger partial charge is 0.372 e. The van der Waals surface area contributed by atoms with Crippen molar-refractivity contribution in [2.24, 2.45) is 0 Å². The molecule has 1 aliphatic heterocycles. The van der Waals surface area contributed by atoms with Crippen molar-refractivity contribution in [2.45, 2.75) is 30.7 Å². The fraction of sp³-hybridized carbons (Fsp3) is 0.292. The first-order chi connectivity index (χ1) is 15.0. The molecule has 3 aromatic rings.